The first-order valence-corrected chi connectivity index (χ1v) is 15.8. The van der Waals surface area contributed by atoms with Crippen LogP contribution in [0, 0.1) is 5.92 Å². The molecule has 4 aromatic rings. The third kappa shape index (κ3) is 7.02. The van der Waals surface area contributed by atoms with Crippen LogP contribution in [0.15, 0.2) is 87.8 Å². The topological polar surface area (TPSA) is 97.6 Å². The molecule has 0 N–H and O–H groups in total. The summed E-state index contributed by atoms with van der Waals surface area (Å²) in [6.45, 7) is 6.65. The number of hydrogen-bond donors (Lipinski definition) is 0. The SMILES string of the molecule is COc1ccc(C=c2sc3n(c2=O)C(c2ccc(OCCC(C)C)c(OC)c2)C(C(=O)OCc2ccccc2)=C(C)N=3)cc1OC. The number of hydrogen-bond acceptors (Lipinski definition) is 9. The third-order valence-corrected chi connectivity index (χ3v) is 8.60. The van der Waals surface area contributed by atoms with Gasteiger partial charge in [-0.3, -0.25) is 9.36 Å². The number of aromatic nitrogens is 1. The molecule has 0 amide bonds. The number of ether oxygens (including phenoxy) is 5. The summed E-state index contributed by atoms with van der Waals surface area (Å²) >= 11 is 1.25. The van der Waals surface area contributed by atoms with E-state index in [0.717, 1.165) is 17.5 Å². The van der Waals surface area contributed by atoms with Crippen molar-refractivity contribution in [1.82, 2.24) is 4.57 Å². The van der Waals surface area contributed by atoms with E-state index in [2.05, 4.69) is 13.8 Å². The number of esters is 1. The van der Waals surface area contributed by atoms with Crippen molar-refractivity contribution in [2.45, 2.75) is 39.8 Å². The van der Waals surface area contributed by atoms with Gasteiger partial charge in [-0.05, 0) is 66.3 Å². The molecule has 0 fully saturated rings. The Balaban J connectivity index is 1.61. The third-order valence-electron chi connectivity index (χ3n) is 7.62. The maximum Gasteiger partial charge on any atom is 0.338 e. The maximum atomic E-state index is 14.2. The molecule has 46 heavy (non-hydrogen) atoms. The average Bonchev–Trinajstić information content (AvgIpc) is 3.36. The molecule has 0 saturated heterocycles. The van der Waals surface area contributed by atoms with Crippen LogP contribution in [-0.4, -0.2) is 38.5 Å². The van der Waals surface area contributed by atoms with Gasteiger partial charge in [0.05, 0.1) is 49.8 Å². The first-order valence-electron chi connectivity index (χ1n) is 15.0. The number of nitrogens with zero attached hydrogens (tertiary/aromatic N) is 2. The minimum atomic E-state index is -0.814. The quantitative estimate of drug-likeness (QED) is 0.190. The Morgan fingerprint density at radius 2 is 1.63 bits per heavy atom. The Morgan fingerprint density at radius 1 is 0.935 bits per heavy atom. The predicted molar refractivity (Wildman–Crippen MR) is 177 cm³/mol. The second-order valence-corrected chi connectivity index (χ2v) is 12.2. The summed E-state index contributed by atoms with van der Waals surface area (Å²) in [6.07, 6.45) is 2.67. The van der Waals surface area contributed by atoms with Crippen LogP contribution in [0.25, 0.3) is 6.08 Å². The van der Waals surface area contributed by atoms with Gasteiger partial charge in [-0.1, -0.05) is 67.6 Å². The number of methoxy groups -OCH3 is 3. The van der Waals surface area contributed by atoms with Crippen molar-refractivity contribution in [3.63, 3.8) is 0 Å². The van der Waals surface area contributed by atoms with Crippen LogP contribution in [0.2, 0.25) is 0 Å². The lowest BCUT2D eigenvalue weighted by Crippen LogP contribution is -2.39. The lowest BCUT2D eigenvalue weighted by Gasteiger charge is -2.25. The number of allylic oxidation sites excluding steroid dienone is 1. The molecule has 0 bridgehead atoms. The number of carbonyl (C=O) groups is 1. The van der Waals surface area contributed by atoms with Crippen LogP contribution < -0.4 is 33.8 Å². The summed E-state index contributed by atoms with van der Waals surface area (Å²) in [7, 11) is 4.70. The molecular formula is C36H38N2O7S. The monoisotopic (exact) mass is 642 g/mol. The van der Waals surface area contributed by atoms with Gasteiger partial charge in [-0.15, -0.1) is 0 Å². The van der Waals surface area contributed by atoms with Crippen molar-refractivity contribution in [2.24, 2.45) is 10.9 Å². The minimum Gasteiger partial charge on any atom is -0.493 e. The molecule has 5 rings (SSSR count). The lowest BCUT2D eigenvalue weighted by molar-refractivity contribution is -0.140. The Morgan fingerprint density at radius 3 is 2.33 bits per heavy atom. The van der Waals surface area contributed by atoms with Crippen molar-refractivity contribution in [2.75, 3.05) is 27.9 Å². The molecule has 1 unspecified atom stereocenters. The highest BCUT2D eigenvalue weighted by atomic mass is 32.1. The fourth-order valence-electron chi connectivity index (χ4n) is 5.17. The van der Waals surface area contributed by atoms with Crippen LogP contribution in [0.1, 0.15) is 49.9 Å². The van der Waals surface area contributed by atoms with E-state index in [1.807, 2.05) is 54.6 Å². The second kappa shape index (κ2) is 14.5. The van der Waals surface area contributed by atoms with Crippen molar-refractivity contribution in [3.05, 3.63) is 114 Å². The Labute approximate surface area is 272 Å². The molecule has 3 aromatic carbocycles. The van der Waals surface area contributed by atoms with Crippen LogP contribution in [-0.2, 0) is 16.1 Å². The molecule has 1 aliphatic rings. The van der Waals surface area contributed by atoms with Gasteiger partial charge in [-0.25, -0.2) is 9.79 Å². The molecule has 0 aliphatic carbocycles. The zero-order valence-corrected chi connectivity index (χ0v) is 27.7. The zero-order valence-electron chi connectivity index (χ0n) is 26.9. The molecule has 1 aromatic heterocycles. The van der Waals surface area contributed by atoms with E-state index < -0.39 is 12.0 Å². The number of carbonyl (C=O) groups excluding carboxylic acids is 1. The highest BCUT2D eigenvalue weighted by Crippen LogP contribution is 2.36. The van der Waals surface area contributed by atoms with Gasteiger partial charge >= 0.3 is 5.97 Å². The van der Waals surface area contributed by atoms with Gasteiger partial charge in [0.15, 0.2) is 27.8 Å². The highest BCUT2D eigenvalue weighted by Gasteiger charge is 2.34. The van der Waals surface area contributed by atoms with Crippen molar-refractivity contribution >= 4 is 23.4 Å². The molecule has 0 radical (unpaired) electrons. The van der Waals surface area contributed by atoms with Crippen molar-refractivity contribution in [1.29, 1.82) is 0 Å². The van der Waals surface area contributed by atoms with Gasteiger partial charge in [0.25, 0.3) is 5.56 Å². The van der Waals surface area contributed by atoms with Crippen LogP contribution in [0.5, 0.6) is 23.0 Å². The van der Waals surface area contributed by atoms with Crippen molar-refractivity contribution in [3.8, 4) is 23.0 Å². The first-order chi connectivity index (χ1) is 22.2. The van der Waals surface area contributed by atoms with Gasteiger partial charge in [-0.2, -0.15) is 0 Å². The maximum absolute atomic E-state index is 14.2. The predicted octanol–water partition coefficient (Wildman–Crippen LogP) is 5.43. The van der Waals surface area contributed by atoms with Crippen LogP contribution in [0.3, 0.4) is 0 Å². The summed E-state index contributed by atoms with van der Waals surface area (Å²) in [4.78, 5) is 33.1. The minimum absolute atomic E-state index is 0.0822. The summed E-state index contributed by atoms with van der Waals surface area (Å²) in [5.41, 5.74) is 2.72. The lowest BCUT2D eigenvalue weighted by atomic mass is 9.95. The zero-order chi connectivity index (χ0) is 32.8. The normalized spacial score (nSPS) is 14.5. The molecular weight excluding hydrogens is 604 g/mol. The van der Waals surface area contributed by atoms with Crippen LogP contribution in [0.4, 0.5) is 0 Å². The van der Waals surface area contributed by atoms with E-state index in [-0.39, 0.29) is 17.7 Å². The van der Waals surface area contributed by atoms with Crippen molar-refractivity contribution < 1.29 is 28.5 Å². The Kier molecular flexibility index (Phi) is 10.3. The summed E-state index contributed by atoms with van der Waals surface area (Å²) in [5.74, 6) is 2.15. The van der Waals surface area contributed by atoms with Gasteiger partial charge < -0.3 is 23.7 Å². The van der Waals surface area contributed by atoms with Crippen LogP contribution >= 0.6 is 11.3 Å². The smallest absolute Gasteiger partial charge is 0.338 e. The van der Waals surface area contributed by atoms with E-state index >= 15 is 0 Å². The first kappa shape index (κ1) is 32.6. The molecule has 9 nitrogen and oxygen atoms in total. The van der Waals surface area contributed by atoms with Gasteiger partial charge in [0.2, 0.25) is 0 Å². The molecule has 240 valence electrons. The summed E-state index contributed by atoms with van der Waals surface area (Å²) in [6, 6.07) is 19.5. The number of rotatable bonds is 12. The van der Waals surface area contributed by atoms with E-state index in [4.69, 9.17) is 28.7 Å². The Hall–Kier alpha value is -4.83. The average molecular weight is 643 g/mol. The second-order valence-electron chi connectivity index (χ2n) is 11.2. The largest absolute Gasteiger partial charge is 0.493 e. The molecule has 0 spiro atoms. The summed E-state index contributed by atoms with van der Waals surface area (Å²) in [5, 5.41) is 0. The summed E-state index contributed by atoms with van der Waals surface area (Å²) < 4.78 is 30.3. The number of fused-ring (bicyclic) bond motifs is 1. The number of benzene rings is 3. The van der Waals surface area contributed by atoms with E-state index in [1.165, 1.54) is 11.3 Å². The fraction of sp³-hybridized carbons (Fsp3) is 0.306. The standard InChI is InChI=1S/C36H38N2O7S/c1-22(2)16-17-44-28-15-13-26(20-30(28)43-6)33-32(35(40)45-21-24-10-8-7-9-11-24)23(3)37-36-38(33)34(39)31(46-36)19-25-12-14-27(41-4)29(18-25)42-5/h7-15,18-20,22,33H,16-17,21H2,1-6H3. The van der Waals surface area contributed by atoms with Gasteiger partial charge in [0, 0.05) is 0 Å². The van der Waals surface area contributed by atoms with E-state index in [9.17, 15) is 9.59 Å². The number of thiazole rings is 1. The molecule has 2 heterocycles. The fourth-order valence-corrected chi connectivity index (χ4v) is 6.22. The molecule has 10 heteroatoms. The molecule has 1 atom stereocenters. The molecule has 1 aliphatic heterocycles. The highest BCUT2D eigenvalue weighted by molar-refractivity contribution is 7.07. The van der Waals surface area contributed by atoms with Gasteiger partial charge in [0.1, 0.15) is 6.61 Å². The van der Waals surface area contributed by atoms with E-state index in [1.54, 1.807) is 51.0 Å². The Bertz CT molecular complexity index is 1930. The van der Waals surface area contributed by atoms with E-state index in [0.29, 0.717) is 56.1 Å². The molecule has 0 saturated carbocycles.